The van der Waals surface area contributed by atoms with E-state index in [1.54, 1.807) is 25.2 Å². The average Bonchev–Trinajstić information content (AvgIpc) is 2.53. The lowest BCUT2D eigenvalue weighted by molar-refractivity contribution is -0.121. The van der Waals surface area contributed by atoms with Crippen LogP contribution in [0.1, 0.15) is 12.8 Å². The third-order valence-corrected chi connectivity index (χ3v) is 6.64. The van der Waals surface area contributed by atoms with Gasteiger partial charge in [-0.2, -0.15) is 0 Å². The van der Waals surface area contributed by atoms with Gasteiger partial charge >= 0.3 is 0 Å². The Balaban J connectivity index is 0.00000288. The lowest BCUT2D eigenvalue weighted by Gasteiger charge is -2.37. The molecule has 1 amide bonds. The van der Waals surface area contributed by atoms with E-state index in [2.05, 4.69) is 5.32 Å². The predicted octanol–water partition coefficient (Wildman–Crippen LogP) is 1.90. The van der Waals surface area contributed by atoms with Crippen LogP contribution in [0.3, 0.4) is 0 Å². The molecule has 0 atom stereocenters. The van der Waals surface area contributed by atoms with Crippen LogP contribution in [0.15, 0.2) is 18.2 Å². The van der Waals surface area contributed by atoms with E-state index in [1.807, 2.05) is 0 Å². The van der Waals surface area contributed by atoms with Crippen molar-refractivity contribution in [3.8, 4) is 5.75 Å². The Hall–Kier alpha value is -1.02. The molecule has 1 saturated heterocycles. The van der Waals surface area contributed by atoms with E-state index in [0.717, 1.165) is 6.26 Å². The zero-order valence-electron chi connectivity index (χ0n) is 13.8. The quantitative estimate of drug-likeness (QED) is 0.840. The maximum absolute atomic E-state index is 13.0. The van der Waals surface area contributed by atoms with Crippen molar-refractivity contribution in [1.29, 1.82) is 0 Å². The Morgan fingerprint density at radius 3 is 2.38 bits per heavy atom. The van der Waals surface area contributed by atoms with Crippen LogP contribution in [0.5, 0.6) is 5.75 Å². The second-order valence-electron chi connectivity index (χ2n) is 5.70. The summed E-state index contributed by atoms with van der Waals surface area (Å²) in [6.07, 6.45) is 1.66. The average molecular weight is 397 g/mol. The number of anilines is 1. The highest BCUT2D eigenvalue weighted by molar-refractivity contribution is 7.92. The first-order chi connectivity index (χ1) is 10.7. The molecule has 2 rings (SSSR count). The molecule has 136 valence electrons. The van der Waals surface area contributed by atoms with Crippen LogP contribution in [0.25, 0.3) is 0 Å². The summed E-state index contributed by atoms with van der Waals surface area (Å²) in [6.45, 7) is 0.992. The summed E-state index contributed by atoms with van der Waals surface area (Å²) in [5.74, 6) is 0.0682. The van der Waals surface area contributed by atoms with Gasteiger partial charge in [-0.15, -0.1) is 12.4 Å². The molecule has 0 radical (unpaired) electrons. The third kappa shape index (κ3) is 3.79. The molecule has 0 aliphatic carbocycles. The van der Waals surface area contributed by atoms with Crippen LogP contribution in [-0.4, -0.2) is 52.6 Å². The smallest absolute Gasteiger partial charge is 0.248 e. The zero-order chi connectivity index (χ0) is 17.3. The summed E-state index contributed by atoms with van der Waals surface area (Å²) in [7, 11) is -0.483. The highest BCUT2D eigenvalue weighted by atomic mass is 35.5. The first kappa shape index (κ1) is 21.0. The van der Waals surface area contributed by atoms with Gasteiger partial charge in [-0.25, -0.2) is 8.42 Å². The van der Waals surface area contributed by atoms with Crippen molar-refractivity contribution in [3.05, 3.63) is 23.2 Å². The number of piperidine rings is 1. The fourth-order valence-electron chi connectivity index (χ4n) is 2.86. The molecule has 1 aliphatic heterocycles. The Kier molecular flexibility index (Phi) is 6.93. The highest BCUT2D eigenvalue weighted by Gasteiger charge is 2.50. The van der Waals surface area contributed by atoms with E-state index < -0.39 is 20.5 Å². The number of carbonyl (C=O) groups is 1. The molecular weight excluding hydrogens is 375 g/mol. The molecule has 24 heavy (non-hydrogen) atoms. The minimum absolute atomic E-state index is 0. The number of rotatable bonds is 4. The highest BCUT2D eigenvalue weighted by Crippen LogP contribution is 2.34. The van der Waals surface area contributed by atoms with Crippen LogP contribution >= 0.6 is 24.0 Å². The van der Waals surface area contributed by atoms with Gasteiger partial charge in [-0.1, -0.05) is 11.6 Å². The molecule has 0 saturated carbocycles. The number of hydrogen-bond acceptors (Lipinski definition) is 5. The fraction of sp³-hybridized carbons (Fsp3) is 0.533. The molecule has 0 aromatic heterocycles. The summed E-state index contributed by atoms with van der Waals surface area (Å²) in [4.78, 5) is 14.3. The molecular formula is C15H22Cl2N2O4S. The van der Waals surface area contributed by atoms with Gasteiger partial charge in [0.25, 0.3) is 0 Å². The molecule has 1 aliphatic rings. The van der Waals surface area contributed by atoms with Crippen molar-refractivity contribution in [1.82, 2.24) is 5.32 Å². The van der Waals surface area contributed by atoms with Gasteiger partial charge in [0.05, 0.1) is 12.1 Å². The second-order valence-corrected chi connectivity index (χ2v) is 8.43. The third-order valence-electron chi connectivity index (χ3n) is 4.34. The van der Waals surface area contributed by atoms with Gasteiger partial charge < -0.3 is 15.0 Å². The zero-order valence-corrected chi connectivity index (χ0v) is 16.2. The van der Waals surface area contributed by atoms with E-state index in [0.29, 0.717) is 29.5 Å². The minimum atomic E-state index is -3.55. The largest absolute Gasteiger partial charge is 0.495 e. The maximum atomic E-state index is 13.0. The van der Waals surface area contributed by atoms with E-state index in [1.165, 1.54) is 12.0 Å². The molecule has 0 bridgehead atoms. The predicted molar refractivity (Wildman–Crippen MR) is 98.3 cm³/mol. The van der Waals surface area contributed by atoms with Gasteiger partial charge in [-0.3, -0.25) is 4.79 Å². The number of ether oxygens (including phenoxy) is 1. The summed E-state index contributed by atoms with van der Waals surface area (Å²) >= 11 is 6.10. The first-order valence-corrected chi connectivity index (χ1v) is 9.52. The Labute approximate surface area is 153 Å². The van der Waals surface area contributed by atoms with Crippen molar-refractivity contribution >= 4 is 45.4 Å². The number of carbonyl (C=O) groups excluding carboxylic acids is 1. The first-order valence-electron chi connectivity index (χ1n) is 7.25. The standard InChI is InChI=1S/C15H21ClN2O4S.ClH/c1-18(11-4-5-13(22-2)12(16)10-11)14(19)15(23(3,20)21)6-8-17-9-7-15;/h4-5,10,17H,6-9H2,1-3H3;1H. The van der Waals surface area contributed by atoms with E-state index in [4.69, 9.17) is 16.3 Å². The number of nitrogens with zero attached hydrogens (tertiary/aromatic N) is 1. The summed E-state index contributed by atoms with van der Waals surface area (Å²) in [5.41, 5.74) is 0.530. The minimum Gasteiger partial charge on any atom is -0.495 e. The lowest BCUT2D eigenvalue weighted by Crippen LogP contribution is -2.57. The molecule has 1 N–H and O–H groups in total. The number of benzene rings is 1. The summed E-state index contributed by atoms with van der Waals surface area (Å²) in [6, 6.07) is 4.92. The van der Waals surface area contributed by atoms with Gasteiger partial charge in [0.1, 0.15) is 5.75 Å². The SMILES string of the molecule is COc1ccc(N(C)C(=O)C2(S(C)(=O)=O)CCNCC2)cc1Cl.Cl. The van der Waals surface area contributed by atoms with E-state index in [-0.39, 0.29) is 25.2 Å². The van der Waals surface area contributed by atoms with Gasteiger partial charge in [0, 0.05) is 19.0 Å². The Morgan fingerprint density at radius 2 is 1.92 bits per heavy atom. The molecule has 6 nitrogen and oxygen atoms in total. The van der Waals surface area contributed by atoms with Crippen molar-refractivity contribution in [2.45, 2.75) is 17.6 Å². The van der Waals surface area contributed by atoms with Gasteiger partial charge in [0.15, 0.2) is 14.6 Å². The van der Waals surface area contributed by atoms with Crippen LogP contribution in [0.2, 0.25) is 5.02 Å². The number of amides is 1. The van der Waals surface area contributed by atoms with E-state index in [9.17, 15) is 13.2 Å². The number of nitrogens with one attached hydrogen (secondary N) is 1. The number of sulfone groups is 1. The molecule has 1 heterocycles. The van der Waals surface area contributed by atoms with Crippen LogP contribution in [0, 0.1) is 0 Å². The monoisotopic (exact) mass is 396 g/mol. The Morgan fingerprint density at radius 1 is 1.33 bits per heavy atom. The molecule has 0 unspecified atom stereocenters. The topological polar surface area (TPSA) is 75.7 Å². The van der Waals surface area contributed by atoms with E-state index >= 15 is 0 Å². The number of methoxy groups -OCH3 is 1. The molecule has 0 spiro atoms. The summed E-state index contributed by atoms with van der Waals surface area (Å²) < 4.78 is 28.4. The van der Waals surface area contributed by atoms with Crippen LogP contribution in [-0.2, 0) is 14.6 Å². The van der Waals surface area contributed by atoms with Crippen molar-refractivity contribution in [3.63, 3.8) is 0 Å². The molecule has 1 aromatic rings. The van der Waals surface area contributed by atoms with Gasteiger partial charge in [0.2, 0.25) is 5.91 Å². The Bertz CT molecular complexity index is 703. The van der Waals surface area contributed by atoms with Crippen molar-refractivity contribution in [2.24, 2.45) is 0 Å². The maximum Gasteiger partial charge on any atom is 0.248 e. The molecule has 9 heteroatoms. The van der Waals surface area contributed by atoms with Crippen LogP contribution in [0.4, 0.5) is 5.69 Å². The number of hydrogen-bond donors (Lipinski definition) is 1. The second kappa shape index (κ2) is 7.91. The van der Waals surface area contributed by atoms with Gasteiger partial charge in [-0.05, 0) is 44.1 Å². The van der Waals surface area contributed by atoms with Crippen LogP contribution < -0.4 is 15.0 Å². The molecule has 1 aromatic carbocycles. The van der Waals surface area contributed by atoms with Crippen molar-refractivity contribution in [2.75, 3.05) is 38.4 Å². The molecule has 1 fully saturated rings. The van der Waals surface area contributed by atoms with Crippen molar-refractivity contribution < 1.29 is 17.9 Å². The lowest BCUT2D eigenvalue weighted by atomic mass is 9.95. The normalized spacial score (nSPS) is 16.8. The summed E-state index contributed by atoms with van der Waals surface area (Å²) in [5, 5.41) is 3.46. The fourth-order valence-corrected chi connectivity index (χ4v) is 4.51. The number of halogens is 2.